The molecule has 0 amide bonds. The highest BCUT2D eigenvalue weighted by molar-refractivity contribution is 8.00. The van der Waals surface area contributed by atoms with E-state index in [1.54, 1.807) is 6.07 Å². The lowest BCUT2D eigenvalue weighted by Gasteiger charge is -2.38. The zero-order valence-electron chi connectivity index (χ0n) is 10.2. The Kier molecular flexibility index (Phi) is 3.28. The largest absolute Gasteiger partial charge is 0.382 e. The smallest absolute Gasteiger partial charge is 0.141 e. The van der Waals surface area contributed by atoms with Crippen LogP contribution in [-0.4, -0.2) is 34.4 Å². The first-order valence-electron chi connectivity index (χ1n) is 5.68. The number of hydrogen-bond acceptors (Lipinski definition) is 4. The number of pyridine rings is 1. The van der Waals surface area contributed by atoms with E-state index in [-0.39, 0.29) is 10.6 Å². The fourth-order valence-electron chi connectivity index (χ4n) is 1.96. The SMILES string of the molecule is CC1(C)CN(c2cccc(C(=N)N)n2)CCS1. The molecule has 1 aliphatic rings. The van der Waals surface area contributed by atoms with Crippen molar-refractivity contribution in [2.24, 2.45) is 5.73 Å². The average molecular weight is 250 g/mol. The van der Waals surface area contributed by atoms with Gasteiger partial charge in [0.25, 0.3) is 0 Å². The van der Waals surface area contributed by atoms with E-state index in [2.05, 4.69) is 23.7 Å². The molecule has 0 bridgehead atoms. The molecule has 1 saturated heterocycles. The topological polar surface area (TPSA) is 66.0 Å². The van der Waals surface area contributed by atoms with Gasteiger partial charge in [0.1, 0.15) is 17.3 Å². The lowest BCUT2D eigenvalue weighted by atomic mass is 10.2. The molecule has 4 nitrogen and oxygen atoms in total. The first-order chi connectivity index (χ1) is 7.98. The maximum absolute atomic E-state index is 7.42. The van der Waals surface area contributed by atoms with E-state index in [1.165, 1.54) is 0 Å². The van der Waals surface area contributed by atoms with Crippen LogP contribution in [0.1, 0.15) is 19.5 Å². The zero-order chi connectivity index (χ0) is 12.5. The Morgan fingerprint density at radius 2 is 2.29 bits per heavy atom. The third-order valence-electron chi connectivity index (χ3n) is 2.76. The van der Waals surface area contributed by atoms with Gasteiger partial charge < -0.3 is 10.6 Å². The van der Waals surface area contributed by atoms with Crippen LogP contribution in [0.2, 0.25) is 0 Å². The van der Waals surface area contributed by atoms with E-state index in [4.69, 9.17) is 11.1 Å². The summed E-state index contributed by atoms with van der Waals surface area (Å²) < 4.78 is 0.256. The number of nitrogens with zero attached hydrogens (tertiary/aromatic N) is 2. The van der Waals surface area contributed by atoms with Crippen molar-refractivity contribution in [1.82, 2.24) is 4.98 Å². The lowest BCUT2D eigenvalue weighted by molar-refractivity contribution is 0.642. The maximum Gasteiger partial charge on any atom is 0.141 e. The van der Waals surface area contributed by atoms with Gasteiger partial charge in [-0.15, -0.1) is 0 Å². The van der Waals surface area contributed by atoms with Crippen LogP contribution in [0.4, 0.5) is 5.82 Å². The zero-order valence-corrected chi connectivity index (χ0v) is 11.0. The number of nitrogens with one attached hydrogen (secondary N) is 1. The van der Waals surface area contributed by atoms with Gasteiger partial charge in [-0.25, -0.2) is 4.98 Å². The summed E-state index contributed by atoms with van der Waals surface area (Å²) in [5.41, 5.74) is 6.02. The molecule has 1 aromatic heterocycles. The minimum atomic E-state index is 0.0255. The first kappa shape index (κ1) is 12.2. The van der Waals surface area contributed by atoms with Crippen LogP contribution in [0, 0.1) is 5.41 Å². The molecule has 2 heterocycles. The van der Waals surface area contributed by atoms with Crippen molar-refractivity contribution in [3.8, 4) is 0 Å². The number of nitrogens with two attached hydrogens (primary N) is 1. The Morgan fingerprint density at radius 3 is 2.94 bits per heavy atom. The molecule has 92 valence electrons. The van der Waals surface area contributed by atoms with Crippen LogP contribution in [0.5, 0.6) is 0 Å². The highest BCUT2D eigenvalue weighted by Crippen LogP contribution is 2.31. The molecule has 1 fully saturated rings. The number of anilines is 1. The Labute approximate surface area is 106 Å². The molecule has 0 aromatic carbocycles. The molecular formula is C12H18N4S. The number of aromatic nitrogens is 1. The number of hydrogen-bond donors (Lipinski definition) is 2. The van der Waals surface area contributed by atoms with Crippen LogP contribution < -0.4 is 10.6 Å². The van der Waals surface area contributed by atoms with Gasteiger partial charge in [-0.2, -0.15) is 11.8 Å². The van der Waals surface area contributed by atoms with Crippen LogP contribution in [-0.2, 0) is 0 Å². The quantitative estimate of drug-likeness (QED) is 0.619. The highest BCUT2D eigenvalue weighted by atomic mass is 32.2. The molecule has 0 unspecified atom stereocenters. The molecule has 3 N–H and O–H groups in total. The lowest BCUT2D eigenvalue weighted by Crippen LogP contribution is -2.43. The Hall–Kier alpha value is -1.23. The Morgan fingerprint density at radius 1 is 1.53 bits per heavy atom. The van der Waals surface area contributed by atoms with Crippen LogP contribution in [0.25, 0.3) is 0 Å². The van der Waals surface area contributed by atoms with Crippen LogP contribution in [0.3, 0.4) is 0 Å². The molecular weight excluding hydrogens is 232 g/mol. The summed E-state index contributed by atoms with van der Waals surface area (Å²) in [4.78, 5) is 6.70. The van der Waals surface area contributed by atoms with Gasteiger partial charge in [-0.3, -0.25) is 5.41 Å². The Bertz CT molecular complexity index is 430. The number of thioether (sulfide) groups is 1. The summed E-state index contributed by atoms with van der Waals surface area (Å²) in [7, 11) is 0. The molecule has 1 aliphatic heterocycles. The third kappa shape index (κ3) is 2.91. The van der Waals surface area contributed by atoms with E-state index in [1.807, 2.05) is 23.9 Å². The van der Waals surface area contributed by atoms with Gasteiger partial charge in [0.15, 0.2) is 0 Å². The molecule has 17 heavy (non-hydrogen) atoms. The second-order valence-electron chi connectivity index (χ2n) is 4.82. The number of nitrogen functional groups attached to an aromatic ring is 1. The van der Waals surface area contributed by atoms with Crippen molar-refractivity contribution in [3.05, 3.63) is 23.9 Å². The van der Waals surface area contributed by atoms with Crippen LogP contribution in [0.15, 0.2) is 18.2 Å². The fourth-order valence-corrected chi connectivity index (χ4v) is 3.07. The third-order valence-corrected chi connectivity index (χ3v) is 4.06. The molecule has 0 radical (unpaired) electrons. The van der Waals surface area contributed by atoms with Crippen molar-refractivity contribution in [1.29, 1.82) is 5.41 Å². The molecule has 2 rings (SSSR count). The van der Waals surface area contributed by atoms with Gasteiger partial charge in [0, 0.05) is 23.6 Å². The highest BCUT2D eigenvalue weighted by Gasteiger charge is 2.27. The predicted molar refractivity (Wildman–Crippen MR) is 74.0 cm³/mol. The number of rotatable bonds is 2. The van der Waals surface area contributed by atoms with Crippen molar-refractivity contribution < 1.29 is 0 Å². The predicted octanol–water partition coefficient (Wildman–Crippen LogP) is 1.70. The molecule has 5 heteroatoms. The second-order valence-corrected chi connectivity index (χ2v) is 6.63. The summed E-state index contributed by atoms with van der Waals surface area (Å²) in [6.45, 7) is 6.48. The van der Waals surface area contributed by atoms with Crippen molar-refractivity contribution in [2.75, 3.05) is 23.7 Å². The van der Waals surface area contributed by atoms with E-state index in [0.717, 1.165) is 24.7 Å². The van der Waals surface area contributed by atoms with E-state index in [9.17, 15) is 0 Å². The second kappa shape index (κ2) is 4.56. The fraction of sp³-hybridized carbons (Fsp3) is 0.500. The standard InChI is InChI=1S/C12H18N4S/c1-12(2)8-16(6-7-17-12)10-5-3-4-9(15-10)11(13)14/h3-5H,6-8H2,1-2H3,(H3,13,14). The van der Waals surface area contributed by atoms with Crippen molar-refractivity contribution in [2.45, 2.75) is 18.6 Å². The number of amidine groups is 1. The van der Waals surface area contributed by atoms with Gasteiger partial charge >= 0.3 is 0 Å². The molecule has 0 saturated carbocycles. The summed E-state index contributed by atoms with van der Waals surface area (Å²) in [6.07, 6.45) is 0. The van der Waals surface area contributed by atoms with Crippen molar-refractivity contribution >= 4 is 23.4 Å². The van der Waals surface area contributed by atoms with Gasteiger partial charge in [0.2, 0.25) is 0 Å². The first-order valence-corrected chi connectivity index (χ1v) is 6.67. The van der Waals surface area contributed by atoms with E-state index in [0.29, 0.717) is 5.69 Å². The van der Waals surface area contributed by atoms with Gasteiger partial charge in [-0.1, -0.05) is 6.07 Å². The maximum atomic E-state index is 7.42. The van der Waals surface area contributed by atoms with E-state index >= 15 is 0 Å². The minimum Gasteiger partial charge on any atom is -0.382 e. The monoisotopic (exact) mass is 250 g/mol. The average Bonchev–Trinajstić information content (AvgIpc) is 2.28. The molecule has 0 spiro atoms. The molecule has 0 aliphatic carbocycles. The summed E-state index contributed by atoms with van der Waals surface area (Å²) >= 11 is 1.99. The van der Waals surface area contributed by atoms with Crippen LogP contribution >= 0.6 is 11.8 Å². The summed E-state index contributed by atoms with van der Waals surface area (Å²) in [6, 6.07) is 5.67. The van der Waals surface area contributed by atoms with Gasteiger partial charge in [0.05, 0.1) is 0 Å². The molecule has 1 aromatic rings. The Balaban J connectivity index is 2.22. The normalized spacial score (nSPS) is 19.1. The van der Waals surface area contributed by atoms with Gasteiger partial charge in [-0.05, 0) is 26.0 Å². The van der Waals surface area contributed by atoms with E-state index < -0.39 is 0 Å². The summed E-state index contributed by atoms with van der Waals surface area (Å²) in [5, 5.41) is 7.42. The molecule has 0 atom stereocenters. The summed E-state index contributed by atoms with van der Waals surface area (Å²) in [5.74, 6) is 2.06. The minimum absolute atomic E-state index is 0.0255. The van der Waals surface area contributed by atoms with Crippen molar-refractivity contribution in [3.63, 3.8) is 0 Å².